The monoisotopic (exact) mass is 326 g/mol. The number of ether oxygens (including phenoxy) is 2. The number of esters is 1. The van der Waals surface area contributed by atoms with E-state index in [0.29, 0.717) is 13.2 Å². The van der Waals surface area contributed by atoms with Crippen molar-refractivity contribution in [2.75, 3.05) is 13.2 Å². The third-order valence-corrected chi connectivity index (χ3v) is 9.78. The topological polar surface area (TPSA) is 48.1 Å². The number of carbonyl (C=O) groups excluding carboxylic acids is 1. The number of rotatable bonds is 5. The van der Waals surface area contributed by atoms with Crippen LogP contribution in [0.25, 0.3) is 0 Å². The van der Waals surface area contributed by atoms with Crippen LogP contribution in [0.5, 0.6) is 0 Å². The van der Waals surface area contributed by atoms with Crippen LogP contribution >= 0.6 is 0 Å². The smallest absolute Gasteiger partial charge is 0.330 e. The molecule has 0 radical (unpaired) electrons. The van der Waals surface area contributed by atoms with Crippen molar-refractivity contribution >= 4 is 14.3 Å². The van der Waals surface area contributed by atoms with Gasteiger partial charge in [-0.25, -0.2) is 4.79 Å². The van der Waals surface area contributed by atoms with Crippen LogP contribution in [0.15, 0.2) is 11.6 Å². The van der Waals surface area contributed by atoms with E-state index in [2.05, 4.69) is 33.9 Å². The van der Waals surface area contributed by atoms with E-state index in [1.165, 1.54) is 0 Å². The molecule has 1 heterocycles. The fourth-order valence-electron chi connectivity index (χ4n) is 2.73. The van der Waals surface area contributed by atoms with Crippen LogP contribution in [-0.2, 0) is 18.7 Å². The predicted molar refractivity (Wildman–Crippen MR) is 89.3 cm³/mol. The number of fused-ring (bicyclic) bond motifs is 1. The van der Waals surface area contributed by atoms with E-state index in [9.17, 15) is 4.79 Å². The zero-order valence-electron chi connectivity index (χ0n) is 14.8. The van der Waals surface area contributed by atoms with Crippen molar-refractivity contribution < 1.29 is 18.7 Å². The molecule has 0 aromatic rings. The minimum Gasteiger partial charge on any atom is -0.463 e. The van der Waals surface area contributed by atoms with E-state index >= 15 is 0 Å². The van der Waals surface area contributed by atoms with E-state index in [1.54, 1.807) is 6.08 Å². The average Bonchev–Trinajstić information content (AvgIpc) is 3.11. The number of epoxide rings is 1. The summed E-state index contributed by atoms with van der Waals surface area (Å²) in [6.07, 6.45) is 4.87. The third-order valence-electron chi connectivity index (χ3n) is 5.30. The van der Waals surface area contributed by atoms with Crippen LogP contribution in [0.4, 0.5) is 0 Å². The van der Waals surface area contributed by atoms with Gasteiger partial charge in [-0.1, -0.05) is 20.8 Å². The maximum atomic E-state index is 11.8. The second-order valence-corrected chi connectivity index (χ2v) is 12.7. The Morgan fingerprint density at radius 1 is 1.45 bits per heavy atom. The maximum Gasteiger partial charge on any atom is 0.330 e. The summed E-state index contributed by atoms with van der Waals surface area (Å²) >= 11 is 0. The molecule has 2 atom stereocenters. The zero-order valence-corrected chi connectivity index (χ0v) is 15.8. The van der Waals surface area contributed by atoms with Crippen LogP contribution in [0, 0.1) is 0 Å². The van der Waals surface area contributed by atoms with Crippen molar-refractivity contribution in [3.8, 4) is 0 Å². The van der Waals surface area contributed by atoms with E-state index < -0.39 is 8.32 Å². The SMILES string of the molecule is CCOC(=O)/C=C1\CCCC2OC12CO[Si](C)(C)C(C)(C)C. The second kappa shape index (κ2) is 6.10. The summed E-state index contributed by atoms with van der Waals surface area (Å²) in [5, 5.41) is 0.174. The minimum atomic E-state index is -1.82. The Labute approximate surface area is 135 Å². The van der Waals surface area contributed by atoms with Crippen LogP contribution in [0.2, 0.25) is 18.1 Å². The first-order valence-corrected chi connectivity index (χ1v) is 11.2. The molecule has 22 heavy (non-hydrogen) atoms. The first-order chi connectivity index (χ1) is 10.1. The summed E-state index contributed by atoms with van der Waals surface area (Å²) in [5.74, 6) is -0.264. The third kappa shape index (κ3) is 3.47. The molecule has 126 valence electrons. The largest absolute Gasteiger partial charge is 0.463 e. The van der Waals surface area contributed by atoms with Gasteiger partial charge in [-0.2, -0.15) is 0 Å². The normalized spacial score (nSPS) is 30.1. The highest BCUT2D eigenvalue weighted by atomic mass is 28.4. The standard InChI is InChI=1S/C17H30O4Si/c1-7-19-15(18)11-13-9-8-10-14-17(13,21-14)12-20-22(5,6)16(2,3)4/h11,14H,7-10,12H2,1-6H3/b13-11+. The van der Waals surface area contributed by atoms with Gasteiger partial charge in [0.25, 0.3) is 0 Å². The highest BCUT2D eigenvalue weighted by molar-refractivity contribution is 6.74. The molecule has 0 aromatic carbocycles. The van der Waals surface area contributed by atoms with Gasteiger partial charge in [-0.3, -0.25) is 0 Å². The first kappa shape index (κ1) is 17.7. The lowest BCUT2D eigenvalue weighted by atomic mass is 9.84. The Balaban J connectivity index is 2.09. The van der Waals surface area contributed by atoms with Gasteiger partial charge in [0, 0.05) is 6.08 Å². The first-order valence-electron chi connectivity index (χ1n) is 8.32. The van der Waals surface area contributed by atoms with Crippen molar-refractivity contribution in [2.45, 2.75) is 76.8 Å². The van der Waals surface area contributed by atoms with Crippen LogP contribution in [0.3, 0.4) is 0 Å². The van der Waals surface area contributed by atoms with Gasteiger partial charge >= 0.3 is 5.97 Å². The average molecular weight is 327 g/mol. The summed E-state index contributed by atoms with van der Waals surface area (Å²) in [6, 6.07) is 0. The fraction of sp³-hybridized carbons (Fsp3) is 0.824. The van der Waals surface area contributed by atoms with Gasteiger partial charge in [0.05, 0.1) is 19.3 Å². The van der Waals surface area contributed by atoms with Gasteiger partial charge in [-0.05, 0) is 49.9 Å². The van der Waals surface area contributed by atoms with Gasteiger partial charge in [0.1, 0.15) is 5.60 Å². The Morgan fingerprint density at radius 2 is 2.14 bits per heavy atom. The molecule has 2 aliphatic rings. The highest BCUT2D eigenvalue weighted by Gasteiger charge is 2.61. The quantitative estimate of drug-likeness (QED) is 0.333. The minimum absolute atomic E-state index is 0.174. The number of hydrogen-bond acceptors (Lipinski definition) is 4. The fourth-order valence-corrected chi connectivity index (χ4v) is 3.74. The molecule has 2 rings (SSSR count). The molecule has 2 unspecified atom stereocenters. The molecule has 0 bridgehead atoms. The van der Waals surface area contributed by atoms with Gasteiger partial charge in [-0.15, -0.1) is 0 Å². The Bertz CT molecular complexity index is 464. The molecule has 1 aliphatic carbocycles. The van der Waals surface area contributed by atoms with Gasteiger partial charge in [0.15, 0.2) is 8.32 Å². The molecule has 1 saturated carbocycles. The van der Waals surface area contributed by atoms with E-state index in [0.717, 1.165) is 24.8 Å². The van der Waals surface area contributed by atoms with E-state index in [1.807, 2.05) is 6.92 Å². The summed E-state index contributed by atoms with van der Waals surface area (Å²) in [4.78, 5) is 11.8. The molecule has 1 saturated heterocycles. The molecular formula is C17H30O4Si. The Kier molecular flexibility index (Phi) is 4.90. The summed E-state index contributed by atoms with van der Waals surface area (Å²) in [5.41, 5.74) is 0.696. The highest BCUT2D eigenvalue weighted by Crippen LogP contribution is 2.52. The summed E-state index contributed by atoms with van der Waals surface area (Å²) < 4.78 is 17.4. The number of carbonyl (C=O) groups is 1. The molecule has 4 nitrogen and oxygen atoms in total. The van der Waals surface area contributed by atoms with Crippen molar-refractivity contribution in [3.05, 3.63) is 11.6 Å². The number of hydrogen-bond donors (Lipinski definition) is 0. The van der Waals surface area contributed by atoms with Crippen LogP contribution < -0.4 is 0 Å². The molecule has 0 amide bonds. The summed E-state index contributed by atoms with van der Waals surface area (Å²) in [6.45, 7) is 14.0. The lowest BCUT2D eigenvalue weighted by Gasteiger charge is -2.37. The second-order valence-electron chi connectivity index (χ2n) is 7.86. The molecule has 2 fully saturated rings. The molecule has 0 spiro atoms. The zero-order chi connectivity index (χ0) is 16.6. The summed E-state index contributed by atoms with van der Waals surface area (Å²) in [7, 11) is -1.82. The lowest BCUT2D eigenvalue weighted by Crippen LogP contribution is -2.44. The molecule has 5 heteroatoms. The van der Waals surface area contributed by atoms with Gasteiger partial charge in [0.2, 0.25) is 0 Å². The van der Waals surface area contributed by atoms with Crippen molar-refractivity contribution in [3.63, 3.8) is 0 Å². The Morgan fingerprint density at radius 3 is 2.73 bits per heavy atom. The van der Waals surface area contributed by atoms with Crippen molar-refractivity contribution in [1.29, 1.82) is 0 Å². The predicted octanol–water partition coefficient (Wildman–Crippen LogP) is 3.82. The maximum absolute atomic E-state index is 11.8. The van der Waals surface area contributed by atoms with Gasteiger partial charge < -0.3 is 13.9 Å². The van der Waals surface area contributed by atoms with Crippen LogP contribution in [-0.4, -0.2) is 39.2 Å². The van der Waals surface area contributed by atoms with E-state index in [-0.39, 0.29) is 22.7 Å². The van der Waals surface area contributed by atoms with Crippen molar-refractivity contribution in [1.82, 2.24) is 0 Å². The molecule has 1 aliphatic heterocycles. The van der Waals surface area contributed by atoms with Crippen molar-refractivity contribution in [2.24, 2.45) is 0 Å². The molecule has 0 N–H and O–H groups in total. The van der Waals surface area contributed by atoms with E-state index in [4.69, 9.17) is 13.9 Å². The molecular weight excluding hydrogens is 296 g/mol. The molecule has 0 aromatic heterocycles. The van der Waals surface area contributed by atoms with Crippen LogP contribution in [0.1, 0.15) is 47.0 Å². The Hall–Kier alpha value is -0.653. The lowest BCUT2D eigenvalue weighted by molar-refractivity contribution is -0.137.